The fourth-order valence-corrected chi connectivity index (χ4v) is 3.13. The number of rotatable bonds is 6. The van der Waals surface area contributed by atoms with Crippen LogP contribution >= 0.6 is 11.8 Å². The molecular weight excluding hydrogens is 362 g/mol. The number of benzene rings is 2. The zero-order chi connectivity index (χ0) is 19.4. The highest BCUT2D eigenvalue weighted by molar-refractivity contribution is 8.00. The van der Waals surface area contributed by atoms with Gasteiger partial charge < -0.3 is 9.73 Å². The number of carbonyl (C=O) groups excluding carboxylic acids is 2. The van der Waals surface area contributed by atoms with Gasteiger partial charge >= 0.3 is 0 Å². The Labute approximate surface area is 161 Å². The molecule has 0 aliphatic rings. The first kappa shape index (κ1) is 18.8. The predicted octanol–water partition coefficient (Wildman–Crippen LogP) is 4.37. The second-order valence-electron chi connectivity index (χ2n) is 6.07. The van der Waals surface area contributed by atoms with Crippen molar-refractivity contribution < 1.29 is 14.0 Å². The van der Waals surface area contributed by atoms with Gasteiger partial charge in [-0.1, -0.05) is 42.1 Å². The van der Waals surface area contributed by atoms with E-state index in [1.54, 1.807) is 31.2 Å². The summed E-state index contributed by atoms with van der Waals surface area (Å²) in [5, 5.41) is 10.8. The number of nitrogens with zero attached hydrogens (tertiary/aromatic N) is 2. The van der Waals surface area contributed by atoms with Crippen LogP contribution in [0, 0.1) is 6.92 Å². The van der Waals surface area contributed by atoms with Gasteiger partial charge in [-0.25, -0.2) is 0 Å². The topological polar surface area (TPSA) is 85.1 Å². The maximum Gasteiger partial charge on any atom is 0.277 e. The standard InChI is InChI=1S/C20H19N3O3S/c1-12-7-4-5-10-17(12)19-22-23-20(26-19)27-14(3)18(25)21-16-9-6-8-15(11-16)13(2)24/h4-11,14H,1-3H3,(H,21,25)/t14-/m0/s1. The van der Waals surface area contributed by atoms with Crippen molar-refractivity contribution in [2.24, 2.45) is 0 Å². The molecular formula is C20H19N3O3S. The zero-order valence-electron chi connectivity index (χ0n) is 15.2. The van der Waals surface area contributed by atoms with Gasteiger partial charge in [-0.3, -0.25) is 9.59 Å². The molecule has 1 N–H and O–H groups in total. The van der Waals surface area contributed by atoms with Crippen LogP contribution < -0.4 is 5.32 Å². The molecule has 1 amide bonds. The molecule has 0 saturated heterocycles. The summed E-state index contributed by atoms with van der Waals surface area (Å²) in [7, 11) is 0. The van der Waals surface area contributed by atoms with E-state index in [1.807, 2.05) is 31.2 Å². The third kappa shape index (κ3) is 4.62. The molecule has 1 heterocycles. The molecule has 7 heteroatoms. The molecule has 3 rings (SSSR count). The number of aryl methyl sites for hydroxylation is 1. The fourth-order valence-electron chi connectivity index (χ4n) is 2.44. The van der Waals surface area contributed by atoms with E-state index in [4.69, 9.17) is 4.42 Å². The molecule has 0 spiro atoms. The lowest BCUT2D eigenvalue weighted by Crippen LogP contribution is -2.22. The van der Waals surface area contributed by atoms with E-state index in [0.29, 0.717) is 22.4 Å². The van der Waals surface area contributed by atoms with Gasteiger partial charge in [0.1, 0.15) is 0 Å². The molecule has 2 aromatic carbocycles. The van der Waals surface area contributed by atoms with Gasteiger partial charge in [0, 0.05) is 16.8 Å². The third-order valence-electron chi connectivity index (χ3n) is 3.97. The summed E-state index contributed by atoms with van der Waals surface area (Å²) in [6, 6.07) is 14.6. The van der Waals surface area contributed by atoms with Crippen molar-refractivity contribution in [1.29, 1.82) is 0 Å². The molecule has 0 saturated carbocycles. The van der Waals surface area contributed by atoms with Crippen molar-refractivity contribution in [3.8, 4) is 11.5 Å². The largest absolute Gasteiger partial charge is 0.411 e. The van der Waals surface area contributed by atoms with E-state index in [1.165, 1.54) is 18.7 Å². The molecule has 0 aliphatic carbocycles. The molecule has 3 aromatic rings. The van der Waals surface area contributed by atoms with Crippen LogP contribution in [0.2, 0.25) is 0 Å². The van der Waals surface area contributed by atoms with E-state index < -0.39 is 5.25 Å². The number of hydrogen-bond donors (Lipinski definition) is 1. The highest BCUT2D eigenvalue weighted by Gasteiger charge is 2.19. The maximum absolute atomic E-state index is 12.4. The maximum atomic E-state index is 12.4. The summed E-state index contributed by atoms with van der Waals surface area (Å²) in [4.78, 5) is 23.9. The molecule has 138 valence electrons. The molecule has 0 aliphatic heterocycles. The Morgan fingerprint density at radius 2 is 1.89 bits per heavy atom. The summed E-state index contributed by atoms with van der Waals surface area (Å²) < 4.78 is 5.69. The van der Waals surface area contributed by atoms with E-state index in [-0.39, 0.29) is 11.7 Å². The number of carbonyl (C=O) groups is 2. The fraction of sp³-hybridized carbons (Fsp3) is 0.200. The average Bonchev–Trinajstić information content (AvgIpc) is 3.10. The first-order chi connectivity index (χ1) is 12.9. The van der Waals surface area contributed by atoms with Crippen LogP contribution in [-0.4, -0.2) is 27.1 Å². The first-order valence-corrected chi connectivity index (χ1v) is 9.30. The molecule has 27 heavy (non-hydrogen) atoms. The Morgan fingerprint density at radius 3 is 2.63 bits per heavy atom. The minimum Gasteiger partial charge on any atom is -0.411 e. The Hall–Kier alpha value is -2.93. The smallest absolute Gasteiger partial charge is 0.277 e. The third-order valence-corrected chi connectivity index (χ3v) is 4.90. The van der Waals surface area contributed by atoms with Gasteiger partial charge in [0.25, 0.3) is 5.22 Å². The Kier molecular flexibility index (Phi) is 5.71. The van der Waals surface area contributed by atoms with Crippen LogP contribution in [0.1, 0.15) is 29.8 Å². The van der Waals surface area contributed by atoms with Gasteiger partial charge in [-0.05, 0) is 44.5 Å². The van der Waals surface area contributed by atoms with E-state index in [9.17, 15) is 9.59 Å². The minimum absolute atomic E-state index is 0.0527. The highest BCUT2D eigenvalue weighted by atomic mass is 32.2. The molecule has 6 nitrogen and oxygen atoms in total. The van der Waals surface area contributed by atoms with Gasteiger partial charge in [0.2, 0.25) is 11.8 Å². The van der Waals surface area contributed by atoms with Crippen molar-refractivity contribution in [2.75, 3.05) is 5.32 Å². The van der Waals surface area contributed by atoms with E-state index >= 15 is 0 Å². The minimum atomic E-state index is -0.448. The number of nitrogens with one attached hydrogen (secondary N) is 1. The van der Waals surface area contributed by atoms with Crippen LogP contribution in [0.25, 0.3) is 11.5 Å². The van der Waals surface area contributed by atoms with Gasteiger partial charge in [0.15, 0.2) is 5.78 Å². The van der Waals surface area contributed by atoms with Gasteiger partial charge in [-0.2, -0.15) is 0 Å². The number of hydrogen-bond acceptors (Lipinski definition) is 6. The Balaban J connectivity index is 1.66. The lowest BCUT2D eigenvalue weighted by Gasteiger charge is -2.10. The van der Waals surface area contributed by atoms with Crippen molar-refractivity contribution in [3.05, 3.63) is 59.7 Å². The molecule has 0 fully saturated rings. The van der Waals surface area contributed by atoms with Gasteiger partial charge in [0.05, 0.1) is 5.25 Å². The summed E-state index contributed by atoms with van der Waals surface area (Å²) >= 11 is 1.18. The molecule has 1 aromatic heterocycles. The van der Waals surface area contributed by atoms with Crippen LogP contribution in [0.3, 0.4) is 0 Å². The molecule has 0 bridgehead atoms. The predicted molar refractivity (Wildman–Crippen MR) is 105 cm³/mol. The average molecular weight is 381 g/mol. The van der Waals surface area contributed by atoms with Crippen LogP contribution in [0.5, 0.6) is 0 Å². The molecule has 0 radical (unpaired) electrons. The summed E-state index contributed by atoms with van der Waals surface area (Å²) in [6.45, 7) is 5.21. The number of Topliss-reactive ketones (excluding diaryl/α,β-unsaturated/α-hetero) is 1. The van der Waals surface area contributed by atoms with Crippen LogP contribution in [0.4, 0.5) is 5.69 Å². The number of anilines is 1. The van der Waals surface area contributed by atoms with Crippen molar-refractivity contribution in [2.45, 2.75) is 31.2 Å². The Bertz CT molecular complexity index is 984. The highest BCUT2D eigenvalue weighted by Crippen LogP contribution is 2.28. The monoisotopic (exact) mass is 381 g/mol. The molecule has 1 atom stereocenters. The summed E-state index contributed by atoms with van der Waals surface area (Å²) in [5.74, 6) is 0.164. The Morgan fingerprint density at radius 1 is 1.11 bits per heavy atom. The zero-order valence-corrected chi connectivity index (χ0v) is 16.0. The van der Waals surface area contributed by atoms with Crippen molar-refractivity contribution in [1.82, 2.24) is 10.2 Å². The van der Waals surface area contributed by atoms with E-state index in [0.717, 1.165) is 11.1 Å². The SMILES string of the molecule is CC(=O)c1cccc(NC(=O)[C@H](C)Sc2nnc(-c3ccccc3C)o2)c1. The lowest BCUT2D eigenvalue weighted by atomic mass is 10.1. The lowest BCUT2D eigenvalue weighted by molar-refractivity contribution is -0.115. The number of thioether (sulfide) groups is 1. The van der Waals surface area contributed by atoms with Crippen LogP contribution in [-0.2, 0) is 4.79 Å². The van der Waals surface area contributed by atoms with Gasteiger partial charge in [-0.15, -0.1) is 10.2 Å². The molecule has 0 unspecified atom stereocenters. The quantitative estimate of drug-likeness (QED) is 0.504. The van der Waals surface area contributed by atoms with Crippen LogP contribution in [0.15, 0.2) is 58.2 Å². The first-order valence-electron chi connectivity index (χ1n) is 8.42. The summed E-state index contributed by atoms with van der Waals surface area (Å²) in [5.41, 5.74) is 3.03. The summed E-state index contributed by atoms with van der Waals surface area (Å²) in [6.07, 6.45) is 0. The second-order valence-corrected chi connectivity index (χ2v) is 7.37. The van der Waals surface area contributed by atoms with Crippen molar-refractivity contribution >= 4 is 29.1 Å². The second kappa shape index (κ2) is 8.18. The van der Waals surface area contributed by atoms with Crippen molar-refractivity contribution in [3.63, 3.8) is 0 Å². The normalized spacial score (nSPS) is 11.8. The number of amides is 1. The van der Waals surface area contributed by atoms with E-state index in [2.05, 4.69) is 15.5 Å². The number of ketones is 1. The number of aromatic nitrogens is 2.